The Labute approximate surface area is 167 Å². The third kappa shape index (κ3) is 5.47. The Balaban J connectivity index is 1.51. The van der Waals surface area contributed by atoms with E-state index in [1.165, 1.54) is 0 Å². The monoisotopic (exact) mass is 391 g/mol. The molecular formula is C20H33N5O3. The highest BCUT2D eigenvalue weighted by molar-refractivity contribution is 5.91. The third-order valence-corrected chi connectivity index (χ3v) is 5.45. The molecule has 2 heterocycles. The Hall–Kier alpha value is -2.09. The Morgan fingerprint density at radius 1 is 1.36 bits per heavy atom. The Morgan fingerprint density at radius 3 is 2.75 bits per heavy atom. The number of hydrogen-bond donors (Lipinski definition) is 2. The van der Waals surface area contributed by atoms with Gasteiger partial charge in [-0.15, -0.1) is 0 Å². The summed E-state index contributed by atoms with van der Waals surface area (Å²) in [6.07, 6.45) is 5.99. The Kier molecular flexibility index (Phi) is 5.98. The number of carbonyl (C=O) groups is 2. The number of nitrogens with one attached hydrogen (secondary N) is 2. The molecular weight excluding hydrogens is 358 g/mol. The summed E-state index contributed by atoms with van der Waals surface area (Å²) in [6, 6.07) is 2.05. The highest BCUT2D eigenvalue weighted by Crippen LogP contribution is 2.46. The smallest absolute Gasteiger partial charge is 0.407 e. The van der Waals surface area contributed by atoms with Gasteiger partial charge in [-0.25, -0.2) is 4.79 Å². The van der Waals surface area contributed by atoms with Gasteiger partial charge >= 0.3 is 6.09 Å². The summed E-state index contributed by atoms with van der Waals surface area (Å²) < 4.78 is 7.27. The van der Waals surface area contributed by atoms with Crippen LogP contribution < -0.4 is 10.6 Å². The summed E-state index contributed by atoms with van der Waals surface area (Å²) in [5.74, 6) is -0.156. The van der Waals surface area contributed by atoms with E-state index < -0.39 is 5.60 Å². The highest BCUT2D eigenvalue weighted by Gasteiger charge is 2.44. The minimum absolute atomic E-state index is 0.156. The summed E-state index contributed by atoms with van der Waals surface area (Å²) in [6.45, 7) is 9.24. The van der Waals surface area contributed by atoms with Crippen LogP contribution in [0, 0.1) is 5.41 Å². The fourth-order valence-electron chi connectivity index (χ4n) is 3.80. The second-order valence-corrected chi connectivity index (χ2v) is 9.15. The lowest BCUT2D eigenvalue weighted by Crippen LogP contribution is -2.43. The van der Waals surface area contributed by atoms with Crippen LogP contribution in [0.1, 0.15) is 63.0 Å². The van der Waals surface area contributed by atoms with E-state index in [1.807, 2.05) is 31.6 Å². The van der Waals surface area contributed by atoms with Crippen molar-refractivity contribution < 1.29 is 14.3 Å². The topological polar surface area (TPSA) is 88.5 Å². The minimum atomic E-state index is -0.474. The lowest BCUT2D eigenvalue weighted by Gasteiger charge is -2.35. The summed E-state index contributed by atoms with van der Waals surface area (Å²) >= 11 is 0. The van der Waals surface area contributed by atoms with Crippen molar-refractivity contribution in [3.05, 3.63) is 18.0 Å². The van der Waals surface area contributed by atoms with Crippen molar-refractivity contribution >= 4 is 12.0 Å². The Morgan fingerprint density at radius 2 is 2.11 bits per heavy atom. The van der Waals surface area contributed by atoms with Crippen molar-refractivity contribution in [2.45, 2.75) is 58.1 Å². The van der Waals surface area contributed by atoms with E-state index in [9.17, 15) is 9.59 Å². The molecule has 8 nitrogen and oxygen atoms in total. The fourth-order valence-corrected chi connectivity index (χ4v) is 3.80. The average molecular weight is 392 g/mol. The quantitative estimate of drug-likeness (QED) is 0.776. The number of ether oxygens (including phenoxy) is 1. The zero-order chi connectivity index (χ0) is 20.4. The van der Waals surface area contributed by atoms with Crippen LogP contribution in [0.2, 0.25) is 0 Å². The van der Waals surface area contributed by atoms with Crippen molar-refractivity contribution in [2.24, 2.45) is 5.41 Å². The molecule has 2 aliphatic rings. The first-order chi connectivity index (χ1) is 13.2. The van der Waals surface area contributed by atoms with Crippen LogP contribution in [0.25, 0.3) is 0 Å². The number of rotatable bonds is 6. The third-order valence-electron chi connectivity index (χ3n) is 5.45. The number of likely N-dealkylation sites (tertiary alicyclic amines) is 1. The van der Waals surface area contributed by atoms with Gasteiger partial charge in [-0.1, -0.05) is 0 Å². The molecule has 0 unspecified atom stereocenters. The first-order valence-corrected chi connectivity index (χ1v) is 10.2. The van der Waals surface area contributed by atoms with E-state index in [4.69, 9.17) is 4.74 Å². The predicted octanol–water partition coefficient (Wildman–Crippen LogP) is 2.18. The summed E-state index contributed by atoms with van der Waals surface area (Å²) in [5, 5.41) is 10.0. The maximum Gasteiger partial charge on any atom is 0.407 e. The number of nitrogens with zero attached hydrogens (tertiary/aromatic N) is 3. The summed E-state index contributed by atoms with van der Waals surface area (Å²) in [5.41, 5.74) is 0.147. The number of hydrogen-bond acceptors (Lipinski definition) is 5. The molecule has 0 aromatic carbocycles. The van der Waals surface area contributed by atoms with Gasteiger partial charge in [0.1, 0.15) is 11.3 Å². The van der Waals surface area contributed by atoms with Crippen LogP contribution in [-0.2, 0) is 4.74 Å². The van der Waals surface area contributed by atoms with Crippen molar-refractivity contribution in [3.8, 4) is 0 Å². The first kappa shape index (κ1) is 20.6. The molecule has 0 spiro atoms. The van der Waals surface area contributed by atoms with Gasteiger partial charge in [-0.3, -0.25) is 9.48 Å². The lowest BCUT2D eigenvalue weighted by atomic mass is 10.0. The van der Waals surface area contributed by atoms with E-state index in [2.05, 4.69) is 20.6 Å². The van der Waals surface area contributed by atoms with Crippen molar-refractivity contribution in [1.29, 1.82) is 0 Å². The average Bonchev–Trinajstić information content (AvgIpc) is 3.21. The molecule has 156 valence electrons. The molecule has 1 atom stereocenters. The van der Waals surface area contributed by atoms with E-state index >= 15 is 0 Å². The van der Waals surface area contributed by atoms with Crippen LogP contribution >= 0.6 is 0 Å². The Bertz CT molecular complexity index is 705. The molecule has 2 amide bonds. The SMILES string of the molecule is CNC(=O)c1ccn([C@@H]2CCCN(CC3(CNC(=O)OC(C)(C)C)CC3)C2)n1. The van der Waals surface area contributed by atoms with Crippen molar-refractivity contribution in [3.63, 3.8) is 0 Å². The van der Waals surface area contributed by atoms with Gasteiger partial charge in [0.15, 0.2) is 0 Å². The van der Waals surface area contributed by atoms with Gasteiger partial charge in [-0.2, -0.15) is 5.10 Å². The van der Waals surface area contributed by atoms with E-state index in [0.29, 0.717) is 12.2 Å². The zero-order valence-corrected chi connectivity index (χ0v) is 17.5. The first-order valence-electron chi connectivity index (χ1n) is 10.2. The molecule has 8 heteroatoms. The number of aromatic nitrogens is 2. The number of piperidine rings is 1. The maximum atomic E-state index is 12.0. The summed E-state index contributed by atoms with van der Waals surface area (Å²) in [4.78, 5) is 26.2. The normalized spacial score (nSPS) is 21.8. The van der Waals surface area contributed by atoms with Crippen LogP contribution in [0.5, 0.6) is 0 Å². The molecule has 2 N–H and O–H groups in total. The van der Waals surface area contributed by atoms with Gasteiger partial charge in [0, 0.05) is 38.3 Å². The molecule has 1 saturated heterocycles. The standard InChI is InChI=1S/C20H33N5O3/c1-19(2,3)28-18(27)22-13-20(8-9-20)14-24-10-5-6-15(12-24)25-11-7-16(23-25)17(26)21-4/h7,11,15H,5-6,8-10,12-14H2,1-4H3,(H,21,26)(H,22,27)/t15-/m1/s1. The molecule has 28 heavy (non-hydrogen) atoms. The van der Waals surface area contributed by atoms with E-state index in [-0.39, 0.29) is 23.5 Å². The fraction of sp³-hybridized carbons (Fsp3) is 0.750. The number of carbonyl (C=O) groups excluding carboxylic acids is 2. The predicted molar refractivity (Wildman–Crippen MR) is 106 cm³/mol. The maximum absolute atomic E-state index is 12.0. The van der Waals surface area contributed by atoms with Crippen molar-refractivity contribution in [2.75, 3.05) is 33.2 Å². The minimum Gasteiger partial charge on any atom is -0.444 e. The van der Waals surface area contributed by atoms with Gasteiger partial charge in [-0.05, 0) is 59.1 Å². The van der Waals surface area contributed by atoms with Crippen LogP contribution in [0.4, 0.5) is 4.79 Å². The number of amides is 2. The van der Waals surface area contributed by atoms with Gasteiger partial charge in [0.25, 0.3) is 5.91 Å². The van der Waals surface area contributed by atoms with E-state index in [0.717, 1.165) is 45.3 Å². The second kappa shape index (κ2) is 8.11. The van der Waals surface area contributed by atoms with Crippen molar-refractivity contribution in [1.82, 2.24) is 25.3 Å². The molecule has 2 fully saturated rings. The molecule has 0 bridgehead atoms. The van der Waals surface area contributed by atoms with Gasteiger partial charge < -0.3 is 20.3 Å². The van der Waals surface area contributed by atoms with Gasteiger partial charge in [0.2, 0.25) is 0 Å². The molecule has 1 aromatic heterocycles. The molecule has 1 saturated carbocycles. The molecule has 1 aliphatic carbocycles. The van der Waals surface area contributed by atoms with Crippen LogP contribution in [-0.4, -0.2) is 65.5 Å². The summed E-state index contributed by atoms with van der Waals surface area (Å²) in [7, 11) is 1.62. The lowest BCUT2D eigenvalue weighted by molar-refractivity contribution is 0.0506. The number of alkyl carbamates (subject to hydrolysis) is 1. The zero-order valence-electron chi connectivity index (χ0n) is 17.5. The molecule has 3 rings (SSSR count). The molecule has 1 aliphatic heterocycles. The largest absolute Gasteiger partial charge is 0.444 e. The van der Waals surface area contributed by atoms with Crippen LogP contribution in [0.15, 0.2) is 12.3 Å². The molecule has 1 aromatic rings. The second-order valence-electron chi connectivity index (χ2n) is 9.15. The van der Waals surface area contributed by atoms with E-state index in [1.54, 1.807) is 13.1 Å². The van der Waals surface area contributed by atoms with Gasteiger partial charge in [0.05, 0.1) is 6.04 Å². The van der Waals surface area contributed by atoms with Crippen LogP contribution in [0.3, 0.4) is 0 Å². The molecule has 0 radical (unpaired) electrons. The highest BCUT2D eigenvalue weighted by atomic mass is 16.6.